The fraction of sp³-hybridized carbons (Fsp3) is 0.227. The Bertz CT molecular complexity index is 1020. The van der Waals surface area contributed by atoms with Gasteiger partial charge in [-0.3, -0.25) is 14.9 Å². The van der Waals surface area contributed by atoms with Crippen molar-refractivity contribution in [1.82, 2.24) is 5.32 Å². The maximum absolute atomic E-state index is 12.4. The molecule has 0 saturated heterocycles. The predicted molar refractivity (Wildman–Crippen MR) is 111 cm³/mol. The topological polar surface area (TPSA) is 122 Å². The second kappa shape index (κ2) is 10.5. The summed E-state index contributed by atoms with van der Waals surface area (Å²) in [5, 5.41) is 22.9. The van der Waals surface area contributed by atoms with E-state index in [2.05, 4.69) is 5.32 Å². The molecule has 8 heteroatoms. The summed E-state index contributed by atoms with van der Waals surface area (Å²) in [7, 11) is 0. The van der Waals surface area contributed by atoms with Crippen molar-refractivity contribution in [2.24, 2.45) is 0 Å². The molecule has 1 N–H and O–H groups in total. The molecule has 0 aliphatic heterocycles. The highest BCUT2D eigenvalue weighted by molar-refractivity contribution is 6.01. The van der Waals surface area contributed by atoms with Gasteiger partial charge in [0.05, 0.1) is 10.5 Å². The molecule has 154 valence electrons. The molecule has 0 unspecified atom stereocenters. The maximum atomic E-state index is 12.4. The van der Waals surface area contributed by atoms with Crippen LogP contribution < -0.4 is 10.1 Å². The van der Waals surface area contributed by atoms with Crippen molar-refractivity contribution >= 4 is 23.6 Å². The molecule has 2 aromatic carbocycles. The Balaban J connectivity index is 2.12. The van der Waals surface area contributed by atoms with E-state index >= 15 is 0 Å². The summed E-state index contributed by atoms with van der Waals surface area (Å²) < 4.78 is 5.29. The number of unbranched alkanes of at least 4 members (excludes halogenated alkanes) is 1. The number of nitro groups is 1. The lowest BCUT2D eigenvalue weighted by Gasteiger charge is -2.07. The van der Waals surface area contributed by atoms with Crippen LogP contribution in [0.5, 0.6) is 5.75 Å². The number of hydrogen-bond acceptors (Lipinski definition) is 6. The van der Waals surface area contributed by atoms with E-state index in [-0.39, 0.29) is 28.1 Å². The minimum atomic E-state index is -0.715. The smallest absolute Gasteiger partial charge is 0.344 e. The molecule has 0 radical (unpaired) electrons. The minimum Gasteiger partial charge on any atom is -0.423 e. The number of nitro benzene ring substituents is 1. The van der Waals surface area contributed by atoms with Gasteiger partial charge >= 0.3 is 5.97 Å². The number of nitrogens with zero attached hydrogens (tertiary/aromatic N) is 2. The summed E-state index contributed by atoms with van der Waals surface area (Å²) in [5.74, 6) is -0.927. The summed E-state index contributed by atoms with van der Waals surface area (Å²) >= 11 is 0. The highest BCUT2D eigenvalue weighted by Crippen LogP contribution is 2.23. The molecular weight excluding hydrogens is 386 g/mol. The summed E-state index contributed by atoms with van der Waals surface area (Å²) in [5.41, 5.74) is 0.723. The molecule has 0 spiro atoms. The van der Waals surface area contributed by atoms with Crippen molar-refractivity contribution in [2.45, 2.75) is 26.7 Å². The molecule has 0 aliphatic rings. The molecule has 0 fully saturated rings. The molecule has 8 nitrogen and oxygen atoms in total. The standard InChI is InChI=1S/C22H21N3O5/c1-3-4-12-24-21(26)17(14-23)13-16-8-10-18(11-9-16)30-22(27)19-6-5-7-20(15(19)2)25(28)29/h5-11,13H,3-4,12H2,1-2H3,(H,24,26). The number of hydrogen-bond donors (Lipinski definition) is 1. The zero-order chi connectivity index (χ0) is 22.1. The zero-order valence-corrected chi connectivity index (χ0v) is 16.7. The lowest BCUT2D eigenvalue weighted by Crippen LogP contribution is -2.25. The molecule has 0 aliphatic carbocycles. The van der Waals surface area contributed by atoms with Gasteiger partial charge in [0.15, 0.2) is 0 Å². The third-order valence-electron chi connectivity index (χ3n) is 4.30. The number of ether oxygens (including phenoxy) is 1. The van der Waals surface area contributed by atoms with E-state index in [1.54, 1.807) is 12.1 Å². The van der Waals surface area contributed by atoms with Crippen LogP contribution in [0.2, 0.25) is 0 Å². The third-order valence-corrected chi connectivity index (χ3v) is 4.30. The first-order valence-corrected chi connectivity index (χ1v) is 9.33. The number of benzene rings is 2. The number of carbonyl (C=O) groups excluding carboxylic acids is 2. The van der Waals surface area contributed by atoms with Gasteiger partial charge in [0.1, 0.15) is 17.4 Å². The van der Waals surface area contributed by atoms with Gasteiger partial charge in [0, 0.05) is 18.2 Å². The van der Waals surface area contributed by atoms with Crippen molar-refractivity contribution in [3.8, 4) is 11.8 Å². The largest absolute Gasteiger partial charge is 0.423 e. The van der Waals surface area contributed by atoms with Gasteiger partial charge in [-0.25, -0.2) is 4.79 Å². The Morgan fingerprint density at radius 2 is 1.93 bits per heavy atom. The fourth-order valence-electron chi connectivity index (χ4n) is 2.63. The van der Waals surface area contributed by atoms with E-state index in [0.717, 1.165) is 12.8 Å². The monoisotopic (exact) mass is 407 g/mol. The molecule has 0 atom stereocenters. The van der Waals surface area contributed by atoms with Crippen LogP contribution in [0, 0.1) is 28.4 Å². The van der Waals surface area contributed by atoms with Gasteiger partial charge in [-0.1, -0.05) is 31.5 Å². The van der Waals surface area contributed by atoms with Crippen LogP contribution >= 0.6 is 0 Å². The first kappa shape index (κ1) is 22.3. The number of nitriles is 1. The third kappa shape index (κ3) is 5.75. The maximum Gasteiger partial charge on any atom is 0.344 e. The van der Waals surface area contributed by atoms with E-state index in [4.69, 9.17) is 4.74 Å². The van der Waals surface area contributed by atoms with Crippen molar-refractivity contribution in [3.05, 3.63) is 74.8 Å². The lowest BCUT2D eigenvalue weighted by molar-refractivity contribution is -0.385. The Morgan fingerprint density at radius 1 is 1.23 bits per heavy atom. The van der Waals surface area contributed by atoms with Crippen molar-refractivity contribution in [1.29, 1.82) is 5.26 Å². The number of amides is 1. The van der Waals surface area contributed by atoms with E-state index in [1.165, 1.54) is 43.3 Å². The second-order valence-electron chi connectivity index (χ2n) is 6.44. The van der Waals surface area contributed by atoms with E-state index in [9.17, 15) is 25.0 Å². The van der Waals surface area contributed by atoms with Crippen LogP contribution in [0.1, 0.15) is 41.3 Å². The normalized spacial score (nSPS) is 10.8. The van der Waals surface area contributed by atoms with Crippen molar-refractivity contribution in [2.75, 3.05) is 6.54 Å². The van der Waals surface area contributed by atoms with Crippen LogP contribution in [0.25, 0.3) is 6.08 Å². The van der Waals surface area contributed by atoms with Crippen LogP contribution in [0.3, 0.4) is 0 Å². The van der Waals surface area contributed by atoms with E-state index in [0.29, 0.717) is 12.1 Å². The quantitative estimate of drug-likeness (QED) is 0.134. The Morgan fingerprint density at radius 3 is 2.53 bits per heavy atom. The van der Waals surface area contributed by atoms with Crippen LogP contribution in [0.15, 0.2) is 48.0 Å². The molecular formula is C22H21N3O5. The SMILES string of the molecule is CCCCNC(=O)C(C#N)=Cc1ccc(OC(=O)c2cccc([N+](=O)[O-])c2C)cc1. The average molecular weight is 407 g/mol. The molecule has 0 bridgehead atoms. The summed E-state index contributed by atoms with van der Waals surface area (Å²) in [6.07, 6.45) is 3.20. The summed E-state index contributed by atoms with van der Waals surface area (Å²) in [6, 6.07) is 12.3. The van der Waals surface area contributed by atoms with Gasteiger partial charge in [-0.2, -0.15) is 5.26 Å². The highest BCUT2D eigenvalue weighted by atomic mass is 16.6. The van der Waals surface area contributed by atoms with Crippen LogP contribution in [-0.2, 0) is 4.79 Å². The van der Waals surface area contributed by atoms with Crippen molar-refractivity contribution in [3.63, 3.8) is 0 Å². The molecule has 0 saturated carbocycles. The highest BCUT2D eigenvalue weighted by Gasteiger charge is 2.19. The zero-order valence-electron chi connectivity index (χ0n) is 16.7. The number of rotatable bonds is 8. The Hall–Kier alpha value is -3.99. The predicted octanol–water partition coefficient (Wildman–Crippen LogP) is 3.95. The summed E-state index contributed by atoms with van der Waals surface area (Å²) in [6.45, 7) is 3.99. The molecule has 2 rings (SSSR count). The van der Waals surface area contributed by atoms with E-state index < -0.39 is 16.8 Å². The first-order chi connectivity index (χ1) is 14.4. The molecule has 0 heterocycles. The molecule has 30 heavy (non-hydrogen) atoms. The molecule has 1 amide bonds. The van der Waals surface area contributed by atoms with Gasteiger partial charge in [0.25, 0.3) is 11.6 Å². The van der Waals surface area contributed by atoms with Gasteiger partial charge in [-0.05, 0) is 43.2 Å². The number of esters is 1. The first-order valence-electron chi connectivity index (χ1n) is 9.33. The van der Waals surface area contributed by atoms with Crippen molar-refractivity contribution < 1.29 is 19.2 Å². The van der Waals surface area contributed by atoms with Gasteiger partial charge in [0.2, 0.25) is 0 Å². The van der Waals surface area contributed by atoms with Gasteiger partial charge in [-0.15, -0.1) is 0 Å². The van der Waals surface area contributed by atoms with Crippen LogP contribution in [-0.4, -0.2) is 23.3 Å². The van der Waals surface area contributed by atoms with E-state index in [1.807, 2.05) is 13.0 Å². The number of nitrogens with one attached hydrogen (secondary N) is 1. The fourth-order valence-corrected chi connectivity index (χ4v) is 2.63. The molecule has 0 aromatic heterocycles. The second-order valence-corrected chi connectivity index (χ2v) is 6.44. The average Bonchev–Trinajstić information content (AvgIpc) is 2.73. The Kier molecular flexibility index (Phi) is 7.82. The number of carbonyl (C=O) groups is 2. The molecule has 2 aromatic rings. The van der Waals surface area contributed by atoms with Crippen LogP contribution in [0.4, 0.5) is 5.69 Å². The lowest BCUT2D eigenvalue weighted by atomic mass is 10.1. The minimum absolute atomic E-state index is 0.0249. The van der Waals surface area contributed by atoms with Gasteiger partial charge < -0.3 is 10.1 Å². The Labute approximate surface area is 173 Å². The summed E-state index contributed by atoms with van der Waals surface area (Å²) in [4.78, 5) is 34.9.